The summed E-state index contributed by atoms with van der Waals surface area (Å²) in [5.41, 5.74) is 0.770. The predicted molar refractivity (Wildman–Crippen MR) is 94.4 cm³/mol. The van der Waals surface area contributed by atoms with Crippen LogP contribution in [0.1, 0.15) is 18.4 Å². The fourth-order valence-electron chi connectivity index (χ4n) is 3.10. The molecule has 0 saturated carbocycles. The van der Waals surface area contributed by atoms with Crippen LogP contribution in [0.4, 0.5) is 15.9 Å². The number of ether oxygens (including phenoxy) is 1. The Morgan fingerprint density at radius 2 is 2.12 bits per heavy atom. The summed E-state index contributed by atoms with van der Waals surface area (Å²) in [4.78, 5) is 14.4. The molecule has 136 valence electrons. The molecule has 2 aromatic rings. The van der Waals surface area contributed by atoms with Crippen LogP contribution >= 0.6 is 0 Å². The zero-order valence-electron chi connectivity index (χ0n) is 14.7. The molecule has 1 aliphatic heterocycles. The summed E-state index contributed by atoms with van der Waals surface area (Å²) in [6.07, 6.45) is 1.25. The van der Waals surface area contributed by atoms with Gasteiger partial charge in [0.2, 0.25) is 11.8 Å². The molecule has 26 heavy (non-hydrogen) atoms. The van der Waals surface area contributed by atoms with Crippen molar-refractivity contribution in [2.45, 2.75) is 12.8 Å². The van der Waals surface area contributed by atoms with E-state index >= 15 is 0 Å². The van der Waals surface area contributed by atoms with Gasteiger partial charge in [-0.3, -0.25) is 4.79 Å². The molecule has 2 heterocycles. The zero-order chi connectivity index (χ0) is 18.7. The van der Waals surface area contributed by atoms with Gasteiger partial charge in [-0.2, -0.15) is 5.26 Å². The van der Waals surface area contributed by atoms with Crippen LogP contribution in [0.15, 0.2) is 24.3 Å². The topological polar surface area (TPSA) is 83.2 Å². The highest BCUT2D eigenvalue weighted by Crippen LogP contribution is 2.27. The molecule has 0 unspecified atom stereocenters. The first-order valence-corrected chi connectivity index (χ1v) is 8.35. The number of piperidine rings is 1. The van der Waals surface area contributed by atoms with Crippen LogP contribution in [0.25, 0.3) is 0 Å². The SMILES string of the molecule is COc1cc(NC(=O)C2CCN(c3ccc(C#N)cc3F)CC2)n(C)n1. The third kappa shape index (κ3) is 3.61. The van der Waals surface area contributed by atoms with Gasteiger partial charge in [0.25, 0.3) is 0 Å². The fourth-order valence-corrected chi connectivity index (χ4v) is 3.10. The van der Waals surface area contributed by atoms with Crippen molar-refractivity contribution >= 4 is 17.4 Å². The van der Waals surface area contributed by atoms with Gasteiger partial charge in [-0.1, -0.05) is 0 Å². The maximum absolute atomic E-state index is 14.2. The first-order valence-electron chi connectivity index (χ1n) is 8.35. The standard InChI is InChI=1S/C18H20FN5O2/c1-23-16(10-17(22-23)26-2)21-18(25)13-5-7-24(8-6-13)15-4-3-12(11-20)9-14(15)19/h3-4,9-10,13H,5-8H2,1-2H3,(H,21,25). The molecule has 1 aliphatic rings. The quantitative estimate of drug-likeness (QED) is 0.908. The summed E-state index contributed by atoms with van der Waals surface area (Å²) in [5, 5.41) is 15.8. The summed E-state index contributed by atoms with van der Waals surface area (Å²) in [6, 6.07) is 8.06. The number of methoxy groups -OCH3 is 1. The van der Waals surface area contributed by atoms with E-state index in [9.17, 15) is 9.18 Å². The number of nitriles is 1. The monoisotopic (exact) mass is 357 g/mol. The molecule has 0 atom stereocenters. The number of hydrogen-bond donors (Lipinski definition) is 1. The smallest absolute Gasteiger partial charge is 0.234 e. The zero-order valence-corrected chi connectivity index (χ0v) is 14.7. The molecule has 1 amide bonds. The molecular weight excluding hydrogens is 337 g/mol. The minimum absolute atomic E-state index is 0.0735. The Morgan fingerprint density at radius 3 is 2.69 bits per heavy atom. The van der Waals surface area contributed by atoms with Crippen molar-refractivity contribution in [2.75, 3.05) is 30.4 Å². The highest BCUT2D eigenvalue weighted by molar-refractivity contribution is 5.92. The molecule has 7 nitrogen and oxygen atoms in total. The Bertz CT molecular complexity index is 850. The lowest BCUT2D eigenvalue weighted by Gasteiger charge is -2.33. The number of aromatic nitrogens is 2. The van der Waals surface area contributed by atoms with Gasteiger partial charge in [0, 0.05) is 32.1 Å². The molecule has 3 rings (SSSR count). The van der Waals surface area contributed by atoms with Crippen LogP contribution in [0, 0.1) is 23.1 Å². The van der Waals surface area contributed by atoms with Crippen molar-refractivity contribution in [3.63, 3.8) is 0 Å². The normalized spacial score (nSPS) is 14.8. The Balaban J connectivity index is 1.60. The van der Waals surface area contributed by atoms with E-state index < -0.39 is 5.82 Å². The summed E-state index contributed by atoms with van der Waals surface area (Å²) >= 11 is 0. The summed E-state index contributed by atoms with van der Waals surface area (Å²) in [5.74, 6) is 0.388. The predicted octanol–water partition coefficient (Wildman–Crippen LogP) is 2.29. The number of amides is 1. The lowest BCUT2D eigenvalue weighted by atomic mass is 9.95. The van der Waals surface area contributed by atoms with Gasteiger partial charge < -0.3 is 15.0 Å². The lowest BCUT2D eigenvalue weighted by molar-refractivity contribution is -0.120. The summed E-state index contributed by atoms with van der Waals surface area (Å²) in [6.45, 7) is 1.16. The van der Waals surface area contributed by atoms with Gasteiger partial charge in [-0.15, -0.1) is 5.10 Å². The number of aryl methyl sites for hydroxylation is 1. The van der Waals surface area contributed by atoms with E-state index in [0.29, 0.717) is 48.9 Å². The first-order chi connectivity index (χ1) is 12.5. The number of carbonyl (C=O) groups excluding carboxylic acids is 1. The van der Waals surface area contributed by atoms with Crippen molar-refractivity contribution in [2.24, 2.45) is 13.0 Å². The van der Waals surface area contributed by atoms with Crippen molar-refractivity contribution in [1.29, 1.82) is 5.26 Å². The highest BCUT2D eigenvalue weighted by atomic mass is 19.1. The number of benzene rings is 1. The number of nitrogens with one attached hydrogen (secondary N) is 1. The second kappa shape index (κ2) is 7.44. The molecular formula is C18H20FN5O2. The molecule has 1 aromatic carbocycles. The molecule has 0 radical (unpaired) electrons. The van der Waals surface area contributed by atoms with Gasteiger partial charge in [0.15, 0.2) is 0 Å². The van der Waals surface area contributed by atoms with Crippen LogP contribution in [0.5, 0.6) is 5.88 Å². The number of carbonyl (C=O) groups is 1. The molecule has 1 fully saturated rings. The minimum atomic E-state index is -0.408. The molecule has 0 bridgehead atoms. The molecule has 0 aliphatic carbocycles. The second-order valence-electron chi connectivity index (χ2n) is 6.22. The summed E-state index contributed by atoms with van der Waals surface area (Å²) < 4.78 is 20.8. The van der Waals surface area contributed by atoms with Gasteiger partial charge in [0.05, 0.1) is 24.4 Å². The van der Waals surface area contributed by atoms with E-state index in [1.807, 2.05) is 11.0 Å². The molecule has 0 spiro atoms. The third-order valence-electron chi connectivity index (χ3n) is 4.60. The lowest BCUT2D eigenvalue weighted by Crippen LogP contribution is -2.38. The Hall–Kier alpha value is -3.08. The van der Waals surface area contributed by atoms with Gasteiger partial charge in [-0.05, 0) is 31.0 Å². The summed E-state index contributed by atoms with van der Waals surface area (Å²) in [7, 11) is 3.25. The van der Waals surface area contributed by atoms with E-state index in [2.05, 4.69) is 10.4 Å². The number of anilines is 2. The number of rotatable bonds is 4. The minimum Gasteiger partial charge on any atom is -0.480 e. The van der Waals surface area contributed by atoms with E-state index in [-0.39, 0.29) is 11.8 Å². The van der Waals surface area contributed by atoms with Crippen LogP contribution in [-0.2, 0) is 11.8 Å². The van der Waals surface area contributed by atoms with Crippen LogP contribution in [0.2, 0.25) is 0 Å². The molecule has 1 aromatic heterocycles. The van der Waals surface area contributed by atoms with Crippen LogP contribution in [-0.4, -0.2) is 35.9 Å². The van der Waals surface area contributed by atoms with Crippen molar-refractivity contribution in [1.82, 2.24) is 9.78 Å². The number of nitrogens with zero attached hydrogens (tertiary/aromatic N) is 4. The van der Waals surface area contributed by atoms with Crippen molar-refractivity contribution in [3.05, 3.63) is 35.6 Å². The maximum Gasteiger partial charge on any atom is 0.234 e. The van der Waals surface area contributed by atoms with E-state index in [1.165, 1.54) is 13.2 Å². The van der Waals surface area contributed by atoms with Crippen molar-refractivity contribution < 1.29 is 13.9 Å². The number of halogens is 1. The van der Waals surface area contributed by atoms with E-state index in [4.69, 9.17) is 10.00 Å². The van der Waals surface area contributed by atoms with Gasteiger partial charge in [0.1, 0.15) is 11.6 Å². The highest BCUT2D eigenvalue weighted by Gasteiger charge is 2.27. The van der Waals surface area contributed by atoms with E-state index in [0.717, 1.165) is 0 Å². The Morgan fingerprint density at radius 1 is 1.38 bits per heavy atom. The van der Waals surface area contributed by atoms with Gasteiger partial charge in [-0.25, -0.2) is 9.07 Å². The van der Waals surface area contributed by atoms with Crippen LogP contribution < -0.4 is 15.0 Å². The Kier molecular flexibility index (Phi) is 5.07. The third-order valence-corrected chi connectivity index (χ3v) is 4.60. The first kappa shape index (κ1) is 17.7. The molecule has 1 N–H and O–H groups in total. The second-order valence-corrected chi connectivity index (χ2v) is 6.22. The maximum atomic E-state index is 14.2. The average Bonchev–Trinajstić information content (AvgIpc) is 3.01. The van der Waals surface area contributed by atoms with Crippen LogP contribution in [0.3, 0.4) is 0 Å². The fraction of sp³-hybridized carbons (Fsp3) is 0.389. The largest absolute Gasteiger partial charge is 0.480 e. The average molecular weight is 357 g/mol. The molecule has 8 heteroatoms. The Labute approximate surface area is 151 Å². The van der Waals surface area contributed by atoms with Gasteiger partial charge >= 0.3 is 0 Å². The van der Waals surface area contributed by atoms with Crippen molar-refractivity contribution in [3.8, 4) is 11.9 Å². The van der Waals surface area contributed by atoms with E-state index in [1.54, 1.807) is 29.9 Å². The number of hydrogen-bond acceptors (Lipinski definition) is 5. The molecule has 1 saturated heterocycles.